The van der Waals surface area contributed by atoms with E-state index in [0.29, 0.717) is 5.92 Å². The maximum atomic E-state index is 11.9. The van der Waals surface area contributed by atoms with Crippen LogP contribution in [0.25, 0.3) is 0 Å². The van der Waals surface area contributed by atoms with Gasteiger partial charge in [0.05, 0.1) is 23.7 Å². The summed E-state index contributed by atoms with van der Waals surface area (Å²) in [6, 6.07) is 4.02. The number of esters is 1. The Bertz CT molecular complexity index is 498. The first kappa shape index (κ1) is 15.9. The molecule has 6 heteroatoms. The number of benzene rings is 1. The van der Waals surface area contributed by atoms with E-state index in [1.807, 2.05) is 13.8 Å². The maximum absolute atomic E-state index is 11.9. The van der Waals surface area contributed by atoms with E-state index in [1.54, 1.807) is 6.92 Å². The summed E-state index contributed by atoms with van der Waals surface area (Å²) in [5, 5.41) is 10.9. The van der Waals surface area contributed by atoms with E-state index in [4.69, 9.17) is 9.47 Å². The van der Waals surface area contributed by atoms with Crippen molar-refractivity contribution in [3.8, 4) is 5.75 Å². The van der Waals surface area contributed by atoms with Gasteiger partial charge in [-0.1, -0.05) is 13.8 Å². The van der Waals surface area contributed by atoms with Crippen LogP contribution in [0.5, 0.6) is 5.75 Å². The summed E-state index contributed by atoms with van der Waals surface area (Å²) in [4.78, 5) is 22.2. The summed E-state index contributed by atoms with van der Waals surface area (Å²) < 4.78 is 10.1. The molecule has 0 aliphatic heterocycles. The highest BCUT2D eigenvalue weighted by atomic mass is 16.6. The maximum Gasteiger partial charge on any atom is 0.338 e. The van der Waals surface area contributed by atoms with Gasteiger partial charge < -0.3 is 9.47 Å². The van der Waals surface area contributed by atoms with Crippen molar-refractivity contribution in [2.45, 2.75) is 33.3 Å². The lowest BCUT2D eigenvalue weighted by Crippen LogP contribution is -2.17. The predicted molar refractivity (Wildman–Crippen MR) is 74.0 cm³/mol. The highest BCUT2D eigenvalue weighted by Gasteiger charge is 2.20. The molecule has 0 aliphatic rings. The molecule has 0 heterocycles. The normalized spacial score (nSPS) is 12.1. The van der Waals surface area contributed by atoms with Gasteiger partial charge in [0.25, 0.3) is 0 Å². The van der Waals surface area contributed by atoms with E-state index < -0.39 is 10.9 Å². The summed E-state index contributed by atoms with van der Waals surface area (Å²) >= 11 is 0. The zero-order chi connectivity index (χ0) is 15.3. The van der Waals surface area contributed by atoms with Gasteiger partial charge in [0, 0.05) is 6.07 Å². The van der Waals surface area contributed by atoms with Crippen LogP contribution in [-0.4, -0.2) is 24.1 Å². The molecule has 0 spiro atoms. The van der Waals surface area contributed by atoms with Gasteiger partial charge in [-0.25, -0.2) is 4.79 Å². The molecule has 1 atom stereocenters. The Hall–Kier alpha value is -2.11. The van der Waals surface area contributed by atoms with Crippen LogP contribution in [0, 0.1) is 16.0 Å². The number of ether oxygens (including phenoxy) is 2. The zero-order valence-corrected chi connectivity index (χ0v) is 12.1. The monoisotopic (exact) mass is 281 g/mol. The van der Waals surface area contributed by atoms with Crippen molar-refractivity contribution in [3.05, 3.63) is 33.9 Å². The molecule has 0 bridgehead atoms. The number of hydrogen-bond donors (Lipinski definition) is 0. The molecular weight excluding hydrogens is 262 g/mol. The minimum atomic E-state index is -0.590. The van der Waals surface area contributed by atoms with E-state index >= 15 is 0 Å². The van der Waals surface area contributed by atoms with Gasteiger partial charge in [0.1, 0.15) is 0 Å². The van der Waals surface area contributed by atoms with Crippen molar-refractivity contribution < 1.29 is 19.2 Å². The molecule has 0 amide bonds. The molecule has 0 fully saturated rings. The fourth-order valence-corrected chi connectivity index (χ4v) is 1.92. The fraction of sp³-hybridized carbons (Fsp3) is 0.500. The Balaban J connectivity index is 2.88. The molecule has 1 rings (SSSR count). The predicted octanol–water partition coefficient (Wildman–Crippen LogP) is 3.19. The minimum absolute atomic E-state index is 0.113. The lowest BCUT2D eigenvalue weighted by Gasteiger charge is -2.15. The third-order valence-electron chi connectivity index (χ3n) is 2.72. The number of rotatable bonds is 6. The summed E-state index contributed by atoms with van der Waals surface area (Å²) in [7, 11) is 1.34. The lowest BCUT2D eigenvalue weighted by molar-refractivity contribution is -0.385. The van der Waals surface area contributed by atoms with Gasteiger partial charge in [-0.15, -0.1) is 0 Å². The molecule has 1 aromatic carbocycles. The van der Waals surface area contributed by atoms with Gasteiger partial charge in [0.15, 0.2) is 5.75 Å². The summed E-state index contributed by atoms with van der Waals surface area (Å²) in [5.41, 5.74) is -0.105. The fourth-order valence-electron chi connectivity index (χ4n) is 1.92. The Morgan fingerprint density at radius 1 is 1.35 bits per heavy atom. The van der Waals surface area contributed by atoms with Crippen molar-refractivity contribution in [2.75, 3.05) is 7.11 Å². The van der Waals surface area contributed by atoms with Crippen LogP contribution in [0.1, 0.15) is 37.6 Å². The van der Waals surface area contributed by atoms with E-state index in [9.17, 15) is 14.9 Å². The smallest absolute Gasteiger partial charge is 0.338 e. The standard InChI is InChI=1S/C14H19NO5/c1-9(2)7-10(3)20-14(16)11-5-6-13(19-4)12(8-11)15(17)18/h5-6,8-10H,7H2,1-4H3. The van der Waals surface area contributed by atoms with Crippen LogP contribution in [0.4, 0.5) is 5.69 Å². The first-order valence-electron chi connectivity index (χ1n) is 6.38. The molecule has 0 saturated carbocycles. The molecule has 6 nitrogen and oxygen atoms in total. The molecule has 0 radical (unpaired) electrons. The summed E-state index contributed by atoms with van der Waals surface area (Å²) in [6.45, 7) is 5.86. The minimum Gasteiger partial charge on any atom is -0.490 e. The van der Waals surface area contributed by atoms with Gasteiger partial charge in [-0.05, 0) is 31.4 Å². The van der Waals surface area contributed by atoms with Crippen LogP contribution >= 0.6 is 0 Å². The highest BCUT2D eigenvalue weighted by Crippen LogP contribution is 2.28. The Morgan fingerprint density at radius 2 is 2.00 bits per heavy atom. The molecule has 1 aromatic rings. The SMILES string of the molecule is COc1ccc(C(=O)OC(C)CC(C)C)cc1[N+](=O)[O-]. The third kappa shape index (κ3) is 4.22. The van der Waals surface area contributed by atoms with Crippen LogP contribution in [-0.2, 0) is 4.74 Å². The van der Waals surface area contributed by atoms with Crippen LogP contribution in [0.3, 0.4) is 0 Å². The largest absolute Gasteiger partial charge is 0.490 e. The van der Waals surface area contributed by atoms with Crippen LogP contribution < -0.4 is 4.74 Å². The Kier molecular flexibility index (Phi) is 5.49. The number of carbonyl (C=O) groups excluding carboxylic acids is 1. The van der Waals surface area contributed by atoms with E-state index in [-0.39, 0.29) is 23.1 Å². The first-order chi connectivity index (χ1) is 9.35. The van der Waals surface area contributed by atoms with E-state index in [1.165, 1.54) is 25.3 Å². The average molecular weight is 281 g/mol. The number of carbonyl (C=O) groups is 1. The zero-order valence-electron chi connectivity index (χ0n) is 12.1. The second-order valence-electron chi connectivity index (χ2n) is 4.99. The van der Waals surface area contributed by atoms with Crippen LogP contribution in [0.2, 0.25) is 0 Å². The molecule has 0 aromatic heterocycles. The van der Waals surface area contributed by atoms with Gasteiger partial charge in [0.2, 0.25) is 0 Å². The number of nitro benzene ring substituents is 1. The number of nitro groups is 1. The van der Waals surface area contributed by atoms with E-state index in [0.717, 1.165) is 6.42 Å². The quantitative estimate of drug-likeness (QED) is 0.454. The molecule has 1 unspecified atom stereocenters. The topological polar surface area (TPSA) is 78.7 Å². The lowest BCUT2D eigenvalue weighted by atomic mass is 10.1. The van der Waals surface area contributed by atoms with Gasteiger partial charge in [-0.2, -0.15) is 0 Å². The Labute approximate surface area is 117 Å². The number of methoxy groups -OCH3 is 1. The van der Waals surface area contributed by atoms with Crippen molar-refractivity contribution >= 4 is 11.7 Å². The van der Waals surface area contributed by atoms with E-state index in [2.05, 4.69) is 0 Å². The molecule has 0 aliphatic carbocycles. The second kappa shape index (κ2) is 6.88. The van der Waals surface area contributed by atoms with Crippen molar-refractivity contribution in [3.63, 3.8) is 0 Å². The molecular formula is C14H19NO5. The van der Waals surface area contributed by atoms with Crippen molar-refractivity contribution in [1.29, 1.82) is 0 Å². The van der Waals surface area contributed by atoms with Gasteiger partial charge in [-0.3, -0.25) is 10.1 Å². The molecule has 0 N–H and O–H groups in total. The summed E-state index contributed by atoms with van der Waals surface area (Å²) in [5.74, 6) is -0.0475. The summed E-state index contributed by atoms with van der Waals surface area (Å²) in [6.07, 6.45) is 0.507. The third-order valence-corrected chi connectivity index (χ3v) is 2.72. The first-order valence-corrected chi connectivity index (χ1v) is 6.38. The number of nitrogens with zero attached hydrogens (tertiary/aromatic N) is 1. The van der Waals surface area contributed by atoms with Crippen molar-refractivity contribution in [2.24, 2.45) is 5.92 Å². The Morgan fingerprint density at radius 3 is 2.50 bits per heavy atom. The molecule has 0 saturated heterocycles. The van der Waals surface area contributed by atoms with Gasteiger partial charge >= 0.3 is 11.7 Å². The number of hydrogen-bond acceptors (Lipinski definition) is 5. The van der Waals surface area contributed by atoms with Crippen molar-refractivity contribution in [1.82, 2.24) is 0 Å². The molecule has 110 valence electrons. The van der Waals surface area contributed by atoms with Crippen LogP contribution in [0.15, 0.2) is 18.2 Å². The highest BCUT2D eigenvalue weighted by molar-refractivity contribution is 5.90. The average Bonchev–Trinajstić information content (AvgIpc) is 2.36. The second-order valence-corrected chi connectivity index (χ2v) is 4.99. The molecule has 20 heavy (non-hydrogen) atoms.